The summed E-state index contributed by atoms with van der Waals surface area (Å²) in [5, 5.41) is 3.91. The summed E-state index contributed by atoms with van der Waals surface area (Å²) in [6, 6.07) is 9.56. The first kappa shape index (κ1) is 17.1. The third-order valence-electron chi connectivity index (χ3n) is 5.87. The van der Waals surface area contributed by atoms with Crippen molar-refractivity contribution in [1.29, 1.82) is 0 Å². The Morgan fingerprint density at radius 2 is 1.92 bits per heavy atom. The molecular weight excluding hydrogens is 316 g/mol. The van der Waals surface area contributed by atoms with Crippen LogP contribution in [-0.4, -0.2) is 51.3 Å². The largest absolute Gasteiger partial charge is 0.497 e. The standard InChI is InChI=1S/C20H30N2O3/c1-23-19-6-2-5-18(14-19)22-11-3-4-17(15-22)21-16-7-9-20(10-8-16)24-12-13-25-20/h2,5-6,14,16-17,21H,3-4,7-13,15H2,1H3/t17-/m0/s1. The smallest absolute Gasteiger partial charge is 0.168 e. The Bertz CT molecular complexity index is 564. The molecule has 1 aromatic carbocycles. The lowest BCUT2D eigenvalue weighted by Crippen LogP contribution is -2.51. The van der Waals surface area contributed by atoms with Crippen LogP contribution >= 0.6 is 0 Å². The Balaban J connectivity index is 1.31. The maximum Gasteiger partial charge on any atom is 0.168 e. The summed E-state index contributed by atoms with van der Waals surface area (Å²) in [4.78, 5) is 2.48. The van der Waals surface area contributed by atoms with Crippen molar-refractivity contribution in [2.24, 2.45) is 0 Å². The first-order valence-electron chi connectivity index (χ1n) is 9.69. The highest BCUT2D eigenvalue weighted by Crippen LogP contribution is 2.36. The molecule has 1 aromatic rings. The Hall–Kier alpha value is -1.30. The zero-order valence-electron chi connectivity index (χ0n) is 15.2. The molecule has 2 heterocycles. The molecule has 1 aliphatic carbocycles. The Kier molecular flexibility index (Phi) is 5.15. The number of methoxy groups -OCH3 is 1. The first-order chi connectivity index (χ1) is 12.3. The Labute approximate surface area is 150 Å². The zero-order chi connectivity index (χ0) is 17.1. The zero-order valence-corrected chi connectivity index (χ0v) is 15.2. The van der Waals surface area contributed by atoms with Gasteiger partial charge in [-0.05, 0) is 37.8 Å². The van der Waals surface area contributed by atoms with Gasteiger partial charge in [0.1, 0.15) is 5.75 Å². The molecule has 1 spiro atoms. The van der Waals surface area contributed by atoms with Gasteiger partial charge in [0.2, 0.25) is 0 Å². The van der Waals surface area contributed by atoms with Gasteiger partial charge in [-0.2, -0.15) is 0 Å². The van der Waals surface area contributed by atoms with Crippen LogP contribution in [0, 0.1) is 0 Å². The van der Waals surface area contributed by atoms with E-state index in [1.54, 1.807) is 7.11 Å². The average Bonchev–Trinajstić information content (AvgIpc) is 3.12. The minimum atomic E-state index is -0.253. The van der Waals surface area contributed by atoms with Gasteiger partial charge in [-0.1, -0.05) is 6.07 Å². The predicted molar refractivity (Wildman–Crippen MR) is 98.3 cm³/mol. The Morgan fingerprint density at radius 1 is 1.12 bits per heavy atom. The van der Waals surface area contributed by atoms with Crippen LogP contribution in [0.1, 0.15) is 38.5 Å². The molecule has 0 amide bonds. The van der Waals surface area contributed by atoms with Crippen molar-refractivity contribution in [2.75, 3.05) is 38.3 Å². The molecule has 5 nitrogen and oxygen atoms in total. The summed E-state index contributed by atoms with van der Waals surface area (Å²) in [6.45, 7) is 3.72. The van der Waals surface area contributed by atoms with Gasteiger partial charge >= 0.3 is 0 Å². The summed E-state index contributed by atoms with van der Waals surface area (Å²) in [5.41, 5.74) is 1.27. The van der Waals surface area contributed by atoms with Gasteiger partial charge in [0.15, 0.2) is 5.79 Å². The highest BCUT2D eigenvalue weighted by atomic mass is 16.7. The van der Waals surface area contributed by atoms with Gasteiger partial charge in [-0.3, -0.25) is 0 Å². The highest BCUT2D eigenvalue weighted by Gasteiger charge is 2.40. The summed E-state index contributed by atoms with van der Waals surface area (Å²) < 4.78 is 17.1. The van der Waals surface area contributed by atoms with E-state index in [0.717, 1.165) is 57.7 Å². The normalized spacial score (nSPS) is 26.9. The van der Waals surface area contributed by atoms with Gasteiger partial charge in [0.05, 0.1) is 20.3 Å². The van der Waals surface area contributed by atoms with Crippen molar-refractivity contribution in [3.8, 4) is 5.75 Å². The number of rotatable bonds is 4. The second kappa shape index (κ2) is 7.52. The molecule has 3 aliphatic rings. The van der Waals surface area contributed by atoms with E-state index in [1.807, 2.05) is 6.07 Å². The number of nitrogens with one attached hydrogen (secondary N) is 1. The second-order valence-electron chi connectivity index (χ2n) is 7.54. The molecule has 25 heavy (non-hydrogen) atoms. The SMILES string of the molecule is COc1cccc(N2CCC[C@H](NC3CCC4(CC3)OCCO4)C2)c1. The number of piperidine rings is 1. The fourth-order valence-electron chi connectivity index (χ4n) is 4.50. The van der Waals surface area contributed by atoms with Crippen molar-refractivity contribution in [2.45, 2.75) is 56.4 Å². The molecule has 4 rings (SSSR count). The van der Waals surface area contributed by atoms with Crippen LogP contribution in [0.2, 0.25) is 0 Å². The molecule has 5 heteroatoms. The molecule has 0 unspecified atom stereocenters. The van der Waals surface area contributed by atoms with Crippen molar-refractivity contribution >= 4 is 5.69 Å². The summed E-state index contributed by atoms with van der Waals surface area (Å²) >= 11 is 0. The molecular formula is C20H30N2O3. The molecule has 0 radical (unpaired) electrons. The lowest BCUT2D eigenvalue weighted by molar-refractivity contribution is -0.179. The van der Waals surface area contributed by atoms with Gasteiger partial charge in [0.25, 0.3) is 0 Å². The predicted octanol–water partition coefficient (Wildman–Crippen LogP) is 2.94. The van der Waals surface area contributed by atoms with Crippen LogP contribution in [0.15, 0.2) is 24.3 Å². The minimum Gasteiger partial charge on any atom is -0.497 e. The highest BCUT2D eigenvalue weighted by molar-refractivity contribution is 5.51. The van der Waals surface area contributed by atoms with Crippen molar-refractivity contribution < 1.29 is 14.2 Å². The molecule has 1 N–H and O–H groups in total. The maximum absolute atomic E-state index is 5.85. The van der Waals surface area contributed by atoms with E-state index in [9.17, 15) is 0 Å². The number of benzene rings is 1. The van der Waals surface area contributed by atoms with Crippen molar-refractivity contribution in [1.82, 2.24) is 5.32 Å². The molecule has 0 bridgehead atoms. The van der Waals surface area contributed by atoms with E-state index in [0.29, 0.717) is 12.1 Å². The van der Waals surface area contributed by atoms with Gasteiger partial charge in [-0.15, -0.1) is 0 Å². The van der Waals surface area contributed by atoms with Crippen LogP contribution in [0.25, 0.3) is 0 Å². The molecule has 0 aromatic heterocycles. The van der Waals surface area contributed by atoms with Gasteiger partial charge in [-0.25, -0.2) is 0 Å². The minimum absolute atomic E-state index is 0.253. The van der Waals surface area contributed by atoms with Gasteiger partial charge < -0.3 is 24.4 Å². The third-order valence-corrected chi connectivity index (χ3v) is 5.87. The fraction of sp³-hybridized carbons (Fsp3) is 0.700. The first-order valence-corrected chi connectivity index (χ1v) is 9.69. The fourth-order valence-corrected chi connectivity index (χ4v) is 4.50. The molecule has 2 aliphatic heterocycles. The quantitative estimate of drug-likeness (QED) is 0.908. The van der Waals surface area contributed by atoms with Crippen LogP contribution in [0.5, 0.6) is 5.75 Å². The van der Waals surface area contributed by atoms with Crippen molar-refractivity contribution in [3.05, 3.63) is 24.3 Å². The molecule has 1 atom stereocenters. The molecule has 138 valence electrons. The monoisotopic (exact) mass is 346 g/mol. The van der Waals surface area contributed by atoms with E-state index in [-0.39, 0.29) is 5.79 Å². The number of hydrogen-bond acceptors (Lipinski definition) is 5. The van der Waals surface area contributed by atoms with E-state index in [4.69, 9.17) is 14.2 Å². The van der Waals surface area contributed by atoms with E-state index < -0.39 is 0 Å². The number of ether oxygens (including phenoxy) is 3. The maximum atomic E-state index is 5.85. The number of anilines is 1. The summed E-state index contributed by atoms with van der Waals surface area (Å²) in [6.07, 6.45) is 6.84. The van der Waals surface area contributed by atoms with Crippen molar-refractivity contribution in [3.63, 3.8) is 0 Å². The van der Waals surface area contributed by atoms with Crippen LogP contribution in [-0.2, 0) is 9.47 Å². The van der Waals surface area contributed by atoms with E-state index in [2.05, 4.69) is 28.4 Å². The number of hydrogen-bond donors (Lipinski definition) is 1. The second-order valence-corrected chi connectivity index (χ2v) is 7.54. The summed E-state index contributed by atoms with van der Waals surface area (Å²) in [7, 11) is 1.73. The molecule has 2 saturated heterocycles. The van der Waals surface area contributed by atoms with Crippen LogP contribution < -0.4 is 15.0 Å². The molecule has 1 saturated carbocycles. The van der Waals surface area contributed by atoms with Crippen LogP contribution in [0.4, 0.5) is 5.69 Å². The molecule has 3 fully saturated rings. The van der Waals surface area contributed by atoms with E-state index >= 15 is 0 Å². The summed E-state index contributed by atoms with van der Waals surface area (Å²) in [5.74, 6) is 0.680. The van der Waals surface area contributed by atoms with Crippen LogP contribution in [0.3, 0.4) is 0 Å². The number of nitrogens with zero attached hydrogens (tertiary/aromatic N) is 1. The topological polar surface area (TPSA) is 43.0 Å². The van der Waals surface area contributed by atoms with Gasteiger partial charge in [0, 0.05) is 49.8 Å². The Morgan fingerprint density at radius 3 is 2.68 bits per heavy atom. The van der Waals surface area contributed by atoms with E-state index in [1.165, 1.54) is 18.5 Å². The third kappa shape index (κ3) is 3.94. The lowest BCUT2D eigenvalue weighted by Gasteiger charge is -2.40. The lowest BCUT2D eigenvalue weighted by atomic mass is 9.89. The average molecular weight is 346 g/mol.